The smallest absolute Gasteiger partial charge is 0.250 e. The van der Waals surface area contributed by atoms with E-state index in [0.717, 1.165) is 5.56 Å². The van der Waals surface area contributed by atoms with Gasteiger partial charge < -0.3 is 4.74 Å². The number of nitrogens with zero attached hydrogens (tertiary/aromatic N) is 4. The van der Waals surface area contributed by atoms with Crippen LogP contribution in [0.3, 0.4) is 0 Å². The van der Waals surface area contributed by atoms with Crippen LogP contribution in [0.15, 0.2) is 64.2 Å². The standard InChI is InChI=1S/C17H15N5O3S2/c23-27(24,16-7-4-12-26-16)18-10-11-25-15-9-8-14-19-20-17(22(14)21-15)13-5-2-1-3-6-13/h1-9,12,18H,10-11H2. The van der Waals surface area contributed by atoms with Crippen LogP contribution < -0.4 is 9.46 Å². The van der Waals surface area contributed by atoms with Gasteiger partial charge in [-0.1, -0.05) is 36.4 Å². The molecule has 4 rings (SSSR count). The van der Waals surface area contributed by atoms with E-state index in [1.807, 2.05) is 30.3 Å². The fourth-order valence-electron chi connectivity index (χ4n) is 2.44. The highest BCUT2D eigenvalue weighted by Crippen LogP contribution is 2.18. The fraction of sp³-hybridized carbons (Fsp3) is 0.118. The number of thiophene rings is 1. The van der Waals surface area contributed by atoms with Crippen LogP contribution in [0.25, 0.3) is 17.0 Å². The largest absolute Gasteiger partial charge is 0.475 e. The second-order valence-corrected chi connectivity index (χ2v) is 8.45. The molecule has 0 radical (unpaired) electrons. The van der Waals surface area contributed by atoms with Gasteiger partial charge >= 0.3 is 0 Å². The lowest BCUT2D eigenvalue weighted by molar-refractivity contribution is 0.306. The minimum absolute atomic E-state index is 0.133. The maximum atomic E-state index is 12.1. The third-order valence-electron chi connectivity index (χ3n) is 3.67. The van der Waals surface area contributed by atoms with E-state index < -0.39 is 10.0 Å². The van der Waals surface area contributed by atoms with Gasteiger partial charge in [-0.2, -0.15) is 4.52 Å². The monoisotopic (exact) mass is 401 g/mol. The zero-order chi connectivity index (χ0) is 18.7. The van der Waals surface area contributed by atoms with Crippen molar-refractivity contribution < 1.29 is 13.2 Å². The zero-order valence-electron chi connectivity index (χ0n) is 14.0. The number of aromatic nitrogens is 4. The molecule has 8 nitrogen and oxygen atoms in total. The summed E-state index contributed by atoms with van der Waals surface area (Å²) in [6.45, 7) is 0.277. The summed E-state index contributed by atoms with van der Waals surface area (Å²) in [6.07, 6.45) is 0. The van der Waals surface area contributed by atoms with Crippen LogP contribution in [0, 0.1) is 0 Å². The molecule has 138 valence electrons. The van der Waals surface area contributed by atoms with Gasteiger partial charge in [0, 0.05) is 18.2 Å². The molecular formula is C17H15N5O3S2. The average molecular weight is 401 g/mol. The van der Waals surface area contributed by atoms with Crippen LogP contribution >= 0.6 is 11.3 Å². The summed E-state index contributed by atoms with van der Waals surface area (Å²) in [5.74, 6) is 0.962. The van der Waals surface area contributed by atoms with Crippen molar-refractivity contribution in [2.75, 3.05) is 13.2 Å². The highest BCUT2D eigenvalue weighted by Gasteiger charge is 2.14. The summed E-state index contributed by atoms with van der Waals surface area (Å²) >= 11 is 1.17. The highest BCUT2D eigenvalue weighted by atomic mass is 32.2. The predicted octanol–water partition coefficient (Wildman–Crippen LogP) is 2.21. The predicted molar refractivity (Wildman–Crippen MR) is 101 cm³/mol. The Morgan fingerprint density at radius 3 is 2.67 bits per heavy atom. The first-order valence-electron chi connectivity index (χ1n) is 8.07. The second-order valence-electron chi connectivity index (χ2n) is 5.51. The number of benzene rings is 1. The number of hydrogen-bond donors (Lipinski definition) is 1. The first-order chi connectivity index (χ1) is 13.1. The number of hydrogen-bond acceptors (Lipinski definition) is 7. The van der Waals surface area contributed by atoms with E-state index in [0.29, 0.717) is 17.4 Å². The number of ether oxygens (including phenoxy) is 1. The van der Waals surface area contributed by atoms with Crippen molar-refractivity contribution in [3.63, 3.8) is 0 Å². The summed E-state index contributed by atoms with van der Waals surface area (Å²) in [5, 5.41) is 14.4. The average Bonchev–Trinajstić information content (AvgIpc) is 3.36. The fourth-order valence-corrected chi connectivity index (χ4v) is 4.49. The third-order valence-corrected chi connectivity index (χ3v) is 6.53. The van der Waals surface area contributed by atoms with Crippen LogP contribution in [0.5, 0.6) is 5.88 Å². The molecule has 0 unspecified atom stereocenters. The summed E-state index contributed by atoms with van der Waals surface area (Å²) in [7, 11) is -3.50. The Hall–Kier alpha value is -2.82. The Labute approximate surface area is 159 Å². The van der Waals surface area contributed by atoms with Crippen molar-refractivity contribution in [2.24, 2.45) is 0 Å². The lowest BCUT2D eigenvalue weighted by Gasteiger charge is -2.07. The van der Waals surface area contributed by atoms with Crippen molar-refractivity contribution in [1.82, 2.24) is 24.5 Å². The Bertz CT molecular complexity index is 1140. The molecule has 0 amide bonds. The summed E-state index contributed by atoms with van der Waals surface area (Å²) in [6, 6.07) is 16.3. The lowest BCUT2D eigenvalue weighted by Crippen LogP contribution is -2.27. The molecule has 10 heteroatoms. The van der Waals surface area contributed by atoms with Gasteiger partial charge in [-0.05, 0) is 17.5 Å². The Balaban J connectivity index is 1.44. The molecule has 3 heterocycles. The minimum atomic E-state index is -3.50. The molecule has 0 aliphatic heterocycles. The van der Waals surface area contributed by atoms with Gasteiger partial charge in [0.05, 0.1) is 0 Å². The van der Waals surface area contributed by atoms with Gasteiger partial charge in [0.1, 0.15) is 10.8 Å². The molecule has 1 aromatic carbocycles. The highest BCUT2D eigenvalue weighted by molar-refractivity contribution is 7.91. The number of fused-ring (bicyclic) bond motifs is 1. The second kappa shape index (κ2) is 7.43. The molecule has 1 N–H and O–H groups in total. The van der Waals surface area contributed by atoms with Gasteiger partial charge in [-0.25, -0.2) is 13.1 Å². The molecule has 0 fully saturated rings. The molecule has 0 spiro atoms. The molecule has 0 aliphatic carbocycles. The summed E-state index contributed by atoms with van der Waals surface area (Å²) < 4.78 is 34.1. The van der Waals surface area contributed by atoms with Crippen molar-refractivity contribution >= 4 is 27.0 Å². The van der Waals surface area contributed by atoms with E-state index in [9.17, 15) is 8.42 Å². The van der Waals surface area contributed by atoms with E-state index in [1.54, 1.807) is 34.2 Å². The van der Waals surface area contributed by atoms with Crippen LogP contribution in [0.1, 0.15) is 0 Å². The molecule has 4 aromatic rings. The van der Waals surface area contributed by atoms with Crippen molar-refractivity contribution in [1.29, 1.82) is 0 Å². The maximum Gasteiger partial charge on any atom is 0.250 e. The van der Waals surface area contributed by atoms with E-state index >= 15 is 0 Å². The molecule has 0 aliphatic rings. The molecule has 0 atom stereocenters. The third kappa shape index (κ3) is 3.82. The van der Waals surface area contributed by atoms with E-state index in [4.69, 9.17) is 4.74 Å². The number of rotatable bonds is 7. The van der Waals surface area contributed by atoms with Gasteiger partial charge in [-0.3, -0.25) is 0 Å². The van der Waals surface area contributed by atoms with Crippen molar-refractivity contribution in [3.05, 3.63) is 60.0 Å². The number of nitrogens with one attached hydrogen (secondary N) is 1. The Morgan fingerprint density at radius 2 is 1.89 bits per heavy atom. The van der Waals surface area contributed by atoms with Crippen molar-refractivity contribution in [3.8, 4) is 17.3 Å². The first-order valence-corrected chi connectivity index (χ1v) is 10.4. The molecule has 0 saturated heterocycles. The molecule has 27 heavy (non-hydrogen) atoms. The maximum absolute atomic E-state index is 12.1. The minimum Gasteiger partial charge on any atom is -0.475 e. The SMILES string of the molecule is O=S(=O)(NCCOc1ccc2nnc(-c3ccccc3)n2n1)c1cccs1. The number of sulfonamides is 1. The van der Waals surface area contributed by atoms with Gasteiger partial charge in [0.15, 0.2) is 11.5 Å². The van der Waals surface area contributed by atoms with Gasteiger partial charge in [0.25, 0.3) is 0 Å². The van der Waals surface area contributed by atoms with Crippen LogP contribution in [-0.4, -0.2) is 41.4 Å². The zero-order valence-corrected chi connectivity index (χ0v) is 15.7. The Morgan fingerprint density at radius 1 is 1.04 bits per heavy atom. The Kier molecular flexibility index (Phi) is 4.84. The van der Waals surface area contributed by atoms with Crippen LogP contribution in [0.2, 0.25) is 0 Å². The molecule has 0 saturated carbocycles. The normalized spacial score (nSPS) is 11.7. The van der Waals surface area contributed by atoms with Crippen molar-refractivity contribution in [2.45, 2.75) is 4.21 Å². The van der Waals surface area contributed by atoms with Crippen LogP contribution in [0.4, 0.5) is 0 Å². The van der Waals surface area contributed by atoms with E-state index in [2.05, 4.69) is 20.0 Å². The van der Waals surface area contributed by atoms with Gasteiger partial charge in [-0.15, -0.1) is 26.6 Å². The van der Waals surface area contributed by atoms with Crippen LogP contribution in [-0.2, 0) is 10.0 Å². The molecule has 3 aromatic heterocycles. The quantitative estimate of drug-likeness (QED) is 0.477. The topological polar surface area (TPSA) is 98.5 Å². The summed E-state index contributed by atoms with van der Waals surface area (Å²) in [5.41, 5.74) is 1.48. The van der Waals surface area contributed by atoms with Gasteiger partial charge in [0.2, 0.25) is 15.9 Å². The summed E-state index contributed by atoms with van der Waals surface area (Å²) in [4.78, 5) is 0. The first kappa shape index (κ1) is 17.6. The van der Waals surface area contributed by atoms with E-state index in [1.165, 1.54) is 11.3 Å². The molecule has 0 bridgehead atoms. The lowest BCUT2D eigenvalue weighted by atomic mass is 10.2. The molecular weight excluding hydrogens is 386 g/mol. The van der Waals surface area contributed by atoms with E-state index in [-0.39, 0.29) is 17.4 Å².